The van der Waals surface area contributed by atoms with Gasteiger partial charge >= 0.3 is 0 Å². The minimum absolute atomic E-state index is 0.0723. The molecule has 0 unspecified atom stereocenters. The molecule has 1 aliphatic rings. The van der Waals surface area contributed by atoms with Crippen LogP contribution in [-0.2, 0) is 13.0 Å². The minimum Gasteiger partial charge on any atom is -0.345 e. The van der Waals surface area contributed by atoms with Gasteiger partial charge in [-0.05, 0) is 36.5 Å². The molecule has 25 heavy (non-hydrogen) atoms. The van der Waals surface area contributed by atoms with Gasteiger partial charge in [0.15, 0.2) is 5.82 Å². The second kappa shape index (κ2) is 6.89. The Balaban J connectivity index is 1.47. The van der Waals surface area contributed by atoms with Crippen molar-refractivity contribution in [3.63, 3.8) is 0 Å². The van der Waals surface area contributed by atoms with E-state index in [1.807, 2.05) is 42.5 Å². The Hall–Kier alpha value is -2.95. The molecule has 0 radical (unpaired) electrons. The number of nitrogens with zero attached hydrogens (tertiary/aromatic N) is 3. The van der Waals surface area contributed by atoms with Crippen molar-refractivity contribution < 1.29 is 4.79 Å². The first kappa shape index (κ1) is 15.6. The fourth-order valence-electron chi connectivity index (χ4n) is 3.02. The van der Waals surface area contributed by atoms with Crippen molar-refractivity contribution in [1.29, 1.82) is 0 Å². The highest BCUT2D eigenvalue weighted by Crippen LogP contribution is 2.35. The number of carbonyl (C=O) groups is 1. The second-order valence-electron chi connectivity index (χ2n) is 6.39. The van der Waals surface area contributed by atoms with E-state index in [-0.39, 0.29) is 5.91 Å². The lowest BCUT2D eigenvalue weighted by molar-refractivity contribution is 0.0948. The molecular weight excluding hydrogens is 312 g/mol. The van der Waals surface area contributed by atoms with E-state index in [0.717, 1.165) is 17.8 Å². The van der Waals surface area contributed by atoms with Gasteiger partial charge in [0.1, 0.15) is 6.33 Å². The highest BCUT2D eigenvalue weighted by atomic mass is 16.1. The van der Waals surface area contributed by atoms with Crippen LogP contribution in [0.4, 0.5) is 0 Å². The Labute approximate surface area is 146 Å². The number of hydrogen-bond acceptors (Lipinski definition) is 3. The van der Waals surface area contributed by atoms with Gasteiger partial charge in [0.25, 0.3) is 5.91 Å². The largest absolute Gasteiger partial charge is 0.345 e. The molecule has 1 N–H and O–H groups in total. The average molecular weight is 332 g/mol. The van der Waals surface area contributed by atoms with Crippen LogP contribution >= 0.6 is 0 Å². The van der Waals surface area contributed by atoms with Crippen molar-refractivity contribution in [1.82, 2.24) is 20.1 Å². The third-order valence-electron chi connectivity index (χ3n) is 4.49. The van der Waals surface area contributed by atoms with Gasteiger partial charge in [-0.3, -0.25) is 4.79 Å². The van der Waals surface area contributed by atoms with Gasteiger partial charge in [-0.2, -0.15) is 0 Å². The van der Waals surface area contributed by atoms with Crippen LogP contribution in [-0.4, -0.2) is 20.7 Å². The third-order valence-corrected chi connectivity index (χ3v) is 4.49. The van der Waals surface area contributed by atoms with E-state index in [1.165, 1.54) is 18.4 Å². The van der Waals surface area contributed by atoms with Crippen LogP contribution in [0.3, 0.4) is 0 Å². The maximum absolute atomic E-state index is 12.7. The van der Waals surface area contributed by atoms with E-state index in [0.29, 0.717) is 18.2 Å². The van der Waals surface area contributed by atoms with Gasteiger partial charge in [-0.1, -0.05) is 48.5 Å². The van der Waals surface area contributed by atoms with Crippen molar-refractivity contribution in [2.45, 2.75) is 31.8 Å². The number of carbonyl (C=O) groups excluding carboxylic acids is 1. The lowest BCUT2D eigenvalue weighted by Gasteiger charge is -2.11. The zero-order valence-corrected chi connectivity index (χ0v) is 13.9. The summed E-state index contributed by atoms with van der Waals surface area (Å²) in [6.45, 7) is 0.398. The molecule has 5 heteroatoms. The first-order valence-electron chi connectivity index (χ1n) is 8.59. The van der Waals surface area contributed by atoms with Gasteiger partial charge in [-0.25, -0.2) is 0 Å². The highest BCUT2D eigenvalue weighted by molar-refractivity contribution is 5.95. The molecule has 1 heterocycles. The van der Waals surface area contributed by atoms with Crippen molar-refractivity contribution in [2.75, 3.05) is 0 Å². The maximum Gasteiger partial charge on any atom is 0.251 e. The summed E-state index contributed by atoms with van der Waals surface area (Å²) in [6.07, 6.45) is 4.82. The Morgan fingerprint density at radius 1 is 1.08 bits per heavy atom. The Morgan fingerprint density at radius 2 is 1.84 bits per heavy atom. The molecule has 5 nitrogen and oxygen atoms in total. The normalized spacial score (nSPS) is 13.6. The van der Waals surface area contributed by atoms with Crippen molar-refractivity contribution >= 4 is 5.91 Å². The molecule has 0 aliphatic heterocycles. The number of aromatic nitrogens is 3. The fourth-order valence-corrected chi connectivity index (χ4v) is 3.02. The van der Waals surface area contributed by atoms with Crippen LogP contribution in [0.5, 0.6) is 0 Å². The first-order valence-corrected chi connectivity index (χ1v) is 8.59. The zero-order chi connectivity index (χ0) is 17.1. The molecule has 4 rings (SSSR count). The van der Waals surface area contributed by atoms with Gasteiger partial charge in [0.2, 0.25) is 0 Å². The number of rotatable bonds is 6. The molecule has 0 spiro atoms. The standard InChI is InChI=1S/C20H20N4O/c25-20(21-13-19-23-22-14-24(19)17-10-11-17)18-9-5-4-8-16(18)12-15-6-2-1-3-7-15/h1-9,14,17H,10-13H2,(H,21,25). The summed E-state index contributed by atoms with van der Waals surface area (Å²) < 4.78 is 2.07. The van der Waals surface area contributed by atoms with E-state index in [1.54, 1.807) is 6.33 Å². The molecule has 1 aliphatic carbocycles. The SMILES string of the molecule is O=C(NCc1nncn1C1CC1)c1ccccc1Cc1ccccc1. The maximum atomic E-state index is 12.7. The van der Waals surface area contributed by atoms with Crippen molar-refractivity contribution in [3.8, 4) is 0 Å². The molecule has 126 valence electrons. The van der Waals surface area contributed by atoms with E-state index in [9.17, 15) is 4.79 Å². The van der Waals surface area contributed by atoms with Crippen molar-refractivity contribution in [2.24, 2.45) is 0 Å². The first-order chi connectivity index (χ1) is 12.3. The van der Waals surface area contributed by atoms with Crippen LogP contribution in [0.15, 0.2) is 60.9 Å². The quantitative estimate of drug-likeness (QED) is 0.754. The predicted molar refractivity (Wildman–Crippen MR) is 95.2 cm³/mol. The van der Waals surface area contributed by atoms with Crippen LogP contribution in [0.25, 0.3) is 0 Å². The van der Waals surface area contributed by atoms with Gasteiger partial charge in [0.05, 0.1) is 6.54 Å². The van der Waals surface area contributed by atoms with E-state index in [2.05, 4.69) is 32.2 Å². The van der Waals surface area contributed by atoms with Crippen LogP contribution in [0, 0.1) is 0 Å². The van der Waals surface area contributed by atoms with Crippen LogP contribution in [0.2, 0.25) is 0 Å². The molecule has 1 fully saturated rings. The summed E-state index contributed by atoms with van der Waals surface area (Å²) in [7, 11) is 0. The lowest BCUT2D eigenvalue weighted by atomic mass is 9.99. The summed E-state index contributed by atoms with van der Waals surface area (Å²) in [5, 5.41) is 11.1. The monoisotopic (exact) mass is 332 g/mol. The lowest BCUT2D eigenvalue weighted by Crippen LogP contribution is -2.25. The number of amides is 1. The molecule has 1 aromatic heterocycles. The molecule has 0 saturated heterocycles. The average Bonchev–Trinajstić information content (AvgIpc) is 3.39. The molecule has 1 saturated carbocycles. The topological polar surface area (TPSA) is 59.8 Å². The number of hydrogen-bond donors (Lipinski definition) is 1. The molecule has 1 amide bonds. The number of benzene rings is 2. The predicted octanol–water partition coefficient (Wildman–Crippen LogP) is 3.13. The summed E-state index contributed by atoms with van der Waals surface area (Å²) >= 11 is 0. The Bertz CT molecular complexity index is 868. The van der Waals surface area contributed by atoms with Gasteiger partial charge in [-0.15, -0.1) is 10.2 Å². The van der Waals surface area contributed by atoms with Gasteiger partial charge < -0.3 is 9.88 Å². The number of nitrogens with one attached hydrogen (secondary N) is 1. The van der Waals surface area contributed by atoms with E-state index >= 15 is 0 Å². The molecule has 2 aromatic carbocycles. The smallest absolute Gasteiger partial charge is 0.251 e. The van der Waals surface area contributed by atoms with Crippen molar-refractivity contribution in [3.05, 3.63) is 83.4 Å². The fraction of sp³-hybridized carbons (Fsp3) is 0.250. The highest BCUT2D eigenvalue weighted by Gasteiger charge is 2.26. The Kier molecular flexibility index (Phi) is 4.29. The third kappa shape index (κ3) is 3.60. The van der Waals surface area contributed by atoms with Crippen LogP contribution in [0.1, 0.15) is 46.2 Å². The second-order valence-corrected chi connectivity index (χ2v) is 6.39. The summed E-state index contributed by atoms with van der Waals surface area (Å²) in [5.74, 6) is 0.744. The summed E-state index contributed by atoms with van der Waals surface area (Å²) in [5.41, 5.74) is 2.93. The minimum atomic E-state index is -0.0723. The molecular formula is C20H20N4O. The zero-order valence-electron chi connectivity index (χ0n) is 13.9. The molecule has 3 aromatic rings. The molecule has 0 bridgehead atoms. The Morgan fingerprint density at radius 3 is 2.64 bits per heavy atom. The van der Waals surface area contributed by atoms with Gasteiger partial charge in [0, 0.05) is 11.6 Å². The van der Waals surface area contributed by atoms with E-state index < -0.39 is 0 Å². The van der Waals surface area contributed by atoms with E-state index in [4.69, 9.17) is 0 Å². The molecule has 0 atom stereocenters. The summed E-state index contributed by atoms with van der Waals surface area (Å²) in [4.78, 5) is 12.7. The summed E-state index contributed by atoms with van der Waals surface area (Å²) in [6, 6.07) is 18.4. The van der Waals surface area contributed by atoms with Crippen LogP contribution < -0.4 is 5.32 Å².